The van der Waals surface area contributed by atoms with Crippen molar-refractivity contribution in [3.63, 3.8) is 0 Å². The Labute approximate surface area is 110 Å². The summed E-state index contributed by atoms with van der Waals surface area (Å²) in [4.78, 5) is 4.86. The van der Waals surface area contributed by atoms with E-state index in [1.54, 1.807) is 0 Å². The van der Waals surface area contributed by atoms with Crippen LogP contribution in [0.2, 0.25) is 0 Å². The molecule has 3 aliphatic rings. The van der Waals surface area contributed by atoms with Gasteiger partial charge in [-0.05, 0) is 12.8 Å². The fourth-order valence-electron chi connectivity index (χ4n) is 2.84. The van der Waals surface area contributed by atoms with Crippen LogP contribution in [0.3, 0.4) is 0 Å². The smallest absolute Gasteiger partial charge is 0.187 e. The van der Waals surface area contributed by atoms with Crippen molar-refractivity contribution in [3.8, 4) is 0 Å². The van der Waals surface area contributed by atoms with Gasteiger partial charge in [-0.15, -0.1) is 0 Å². The lowest BCUT2D eigenvalue weighted by atomic mass is 10.1. The van der Waals surface area contributed by atoms with Gasteiger partial charge in [0.15, 0.2) is 6.29 Å². The number of ether oxygens (including phenoxy) is 2. The zero-order valence-corrected chi connectivity index (χ0v) is 11.4. The Kier molecular flexibility index (Phi) is 3.48. The van der Waals surface area contributed by atoms with Crippen LogP contribution in [0.25, 0.3) is 0 Å². The van der Waals surface area contributed by atoms with E-state index in [1.165, 1.54) is 25.7 Å². The maximum atomic E-state index is 5.77. The molecular formula is C14H24N2O2. The van der Waals surface area contributed by atoms with Crippen LogP contribution in [0.1, 0.15) is 39.5 Å². The molecule has 102 valence electrons. The van der Waals surface area contributed by atoms with Gasteiger partial charge in [-0.25, -0.2) is 0 Å². The van der Waals surface area contributed by atoms with E-state index >= 15 is 0 Å². The van der Waals surface area contributed by atoms with Crippen LogP contribution < -0.4 is 0 Å². The van der Waals surface area contributed by atoms with Crippen molar-refractivity contribution in [1.29, 1.82) is 0 Å². The molecule has 0 N–H and O–H groups in total. The predicted octanol–water partition coefficient (Wildman–Crippen LogP) is 2.13. The normalized spacial score (nSPS) is 33.8. The molecule has 0 saturated carbocycles. The average molecular weight is 252 g/mol. The van der Waals surface area contributed by atoms with Gasteiger partial charge in [-0.2, -0.15) is 0 Å². The maximum absolute atomic E-state index is 5.77. The molecule has 4 nitrogen and oxygen atoms in total. The van der Waals surface area contributed by atoms with Crippen LogP contribution in [0.4, 0.5) is 0 Å². The summed E-state index contributed by atoms with van der Waals surface area (Å²) in [6.45, 7) is 6.72. The fraction of sp³-hybridized carbons (Fsp3) is 0.857. The zero-order chi connectivity index (χ0) is 12.5. The summed E-state index contributed by atoms with van der Waals surface area (Å²) >= 11 is 0. The van der Waals surface area contributed by atoms with Gasteiger partial charge in [0.2, 0.25) is 0 Å². The van der Waals surface area contributed by atoms with Crippen molar-refractivity contribution >= 4 is 0 Å². The van der Waals surface area contributed by atoms with Crippen LogP contribution in [-0.4, -0.2) is 47.6 Å². The molecule has 2 fully saturated rings. The molecule has 3 aliphatic heterocycles. The first-order valence-electron chi connectivity index (χ1n) is 7.36. The lowest BCUT2D eigenvalue weighted by molar-refractivity contribution is -0.107. The number of hydrogen-bond acceptors (Lipinski definition) is 4. The summed E-state index contributed by atoms with van der Waals surface area (Å²) in [7, 11) is 0. The monoisotopic (exact) mass is 252 g/mol. The second-order valence-electron chi connectivity index (χ2n) is 5.46. The molecule has 0 aliphatic carbocycles. The second-order valence-corrected chi connectivity index (χ2v) is 5.46. The van der Waals surface area contributed by atoms with Crippen LogP contribution in [-0.2, 0) is 9.47 Å². The summed E-state index contributed by atoms with van der Waals surface area (Å²) in [5.74, 6) is 0. The van der Waals surface area contributed by atoms with Crippen molar-refractivity contribution < 1.29 is 9.47 Å². The summed E-state index contributed by atoms with van der Waals surface area (Å²) in [5, 5.41) is 0. The molecule has 3 rings (SSSR count). The van der Waals surface area contributed by atoms with Crippen molar-refractivity contribution in [2.75, 3.05) is 13.1 Å². The Balaban J connectivity index is 1.61. The molecule has 4 heteroatoms. The van der Waals surface area contributed by atoms with Crippen LogP contribution >= 0.6 is 0 Å². The van der Waals surface area contributed by atoms with E-state index in [1.807, 2.05) is 0 Å². The van der Waals surface area contributed by atoms with Gasteiger partial charge >= 0.3 is 0 Å². The molecule has 18 heavy (non-hydrogen) atoms. The van der Waals surface area contributed by atoms with Gasteiger partial charge in [0.05, 0.1) is 0 Å². The van der Waals surface area contributed by atoms with Crippen molar-refractivity contribution in [2.24, 2.45) is 0 Å². The second kappa shape index (κ2) is 5.10. The zero-order valence-electron chi connectivity index (χ0n) is 11.4. The first-order chi connectivity index (χ1) is 8.85. The van der Waals surface area contributed by atoms with E-state index < -0.39 is 0 Å². The molecule has 3 atom stereocenters. The molecular weight excluding hydrogens is 228 g/mol. The Hall–Kier alpha value is -0.740. The van der Waals surface area contributed by atoms with Gasteiger partial charge in [0, 0.05) is 25.5 Å². The van der Waals surface area contributed by atoms with E-state index in [0.29, 0.717) is 12.3 Å². The summed E-state index contributed by atoms with van der Waals surface area (Å²) in [6, 6.07) is 0. The Morgan fingerprint density at radius 1 is 0.889 bits per heavy atom. The number of unbranched alkanes of at least 4 members (excludes halogenated alkanes) is 2. The molecule has 0 aromatic carbocycles. The molecule has 0 aromatic rings. The summed E-state index contributed by atoms with van der Waals surface area (Å²) in [5.41, 5.74) is 0. The number of rotatable bonds is 7. The third-order valence-corrected chi connectivity index (χ3v) is 4.06. The van der Waals surface area contributed by atoms with E-state index in [9.17, 15) is 0 Å². The molecule has 0 spiro atoms. The summed E-state index contributed by atoms with van der Waals surface area (Å²) in [6.07, 6.45) is 10.5. The number of hydrogen-bond donors (Lipinski definition) is 0. The first-order valence-corrected chi connectivity index (χ1v) is 7.36. The van der Waals surface area contributed by atoms with Gasteiger partial charge in [0.25, 0.3) is 0 Å². The fourth-order valence-corrected chi connectivity index (χ4v) is 2.84. The Morgan fingerprint density at radius 3 is 1.83 bits per heavy atom. The molecule has 3 heterocycles. The van der Waals surface area contributed by atoms with Crippen molar-refractivity contribution in [1.82, 2.24) is 9.80 Å². The standard InChI is InChI=1S/C14H24N2O2/c1-3-5-7-15-9-10-16(8-6-4-2)13(15)11-12-14(17-11)18-12/h9-14H,3-8H2,1-2H3/t11-,12?,14+/m0/s1. The predicted molar refractivity (Wildman–Crippen MR) is 69.7 cm³/mol. The largest absolute Gasteiger partial charge is 0.354 e. The van der Waals surface area contributed by atoms with Gasteiger partial charge in [-0.3, -0.25) is 0 Å². The minimum Gasteiger partial charge on any atom is -0.354 e. The van der Waals surface area contributed by atoms with Crippen LogP contribution in [0.15, 0.2) is 12.4 Å². The highest BCUT2D eigenvalue weighted by Gasteiger charge is 2.63. The quantitative estimate of drug-likeness (QED) is 0.649. The minimum atomic E-state index is 0.122. The van der Waals surface area contributed by atoms with E-state index in [2.05, 4.69) is 36.0 Å². The maximum Gasteiger partial charge on any atom is 0.187 e. The van der Waals surface area contributed by atoms with Crippen LogP contribution in [0.5, 0.6) is 0 Å². The Morgan fingerprint density at radius 2 is 1.44 bits per heavy atom. The molecule has 2 saturated heterocycles. The molecule has 1 unspecified atom stereocenters. The average Bonchev–Trinajstić information content (AvgIpc) is 2.84. The number of epoxide rings is 1. The minimum absolute atomic E-state index is 0.122. The van der Waals surface area contributed by atoms with Crippen molar-refractivity contribution in [3.05, 3.63) is 12.4 Å². The van der Waals surface area contributed by atoms with Gasteiger partial charge < -0.3 is 19.3 Å². The Bertz CT molecular complexity index is 303. The SMILES string of the molecule is CCCCN1C=CN(CCCC)C1[C@H]1O[C@@H]2OC21. The van der Waals surface area contributed by atoms with E-state index in [4.69, 9.17) is 9.47 Å². The topological polar surface area (TPSA) is 28.2 Å². The van der Waals surface area contributed by atoms with Gasteiger partial charge in [0.1, 0.15) is 18.4 Å². The highest BCUT2D eigenvalue weighted by atomic mass is 16.8. The lowest BCUT2D eigenvalue weighted by Gasteiger charge is -2.39. The van der Waals surface area contributed by atoms with Crippen molar-refractivity contribution in [2.45, 2.75) is 64.2 Å². The highest BCUT2D eigenvalue weighted by molar-refractivity contribution is 5.09. The summed E-state index contributed by atoms with van der Waals surface area (Å²) < 4.78 is 11.2. The number of nitrogens with zero attached hydrogens (tertiary/aromatic N) is 2. The molecule has 0 aromatic heterocycles. The lowest BCUT2D eigenvalue weighted by Crippen LogP contribution is -2.55. The third-order valence-electron chi connectivity index (χ3n) is 4.06. The first kappa shape index (κ1) is 12.3. The van der Waals surface area contributed by atoms with E-state index in [-0.39, 0.29) is 12.4 Å². The van der Waals surface area contributed by atoms with Gasteiger partial charge in [-0.1, -0.05) is 26.7 Å². The molecule has 0 amide bonds. The third kappa shape index (κ3) is 2.12. The van der Waals surface area contributed by atoms with E-state index in [0.717, 1.165) is 13.1 Å². The van der Waals surface area contributed by atoms with Crippen LogP contribution in [0, 0.1) is 0 Å². The highest BCUT2D eigenvalue weighted by Crippen LogP contribution is 2.44. The molecule has 0 radical (unpaired) electrons. The molecule has 0 bridgehead atoms. The number of fused-ring (bicyclic) bond motifs is 1.